The van der Waals surface area contributed by atoms with Crippen LogP contribution < -0.4 is 5.73 Å². The molecular formula is C19H21N2O2+. The normalized spacial score (nSPS) is 20.6. The summed E-state index contributed by atoms with van der Waals surface area (Å²) >= 11 is 0. The topological polar surface area (TPSA) is 60.2 Å². The molecule has 2 aromatic carbocycles. The zero-order valence-electron chi connectivity index (χ0n) is 13.1. The van der Waals surface area contributed by atoms with E-state index in [1.54, 1.807) is 12.1 Å². The maximum Gasteiger partial charge on any atom is 0.314 e. The van der Waals surface area contributed by atoms with Crippen molar-refractivity contribution in [1.82, 2.24) is 0 Å². The molecule has 118 valence electrons. The number of nitrogens with zero attached hydrogens (tertiary/aromatic N) is 1. The third-order valence-electron chi connectivity index (χ3n) is 4.53. The first-order valence-corrected chi connectivity index (χ1v) is 7.91. The molecule has 1 fully saturated rings. The van der Waals surface area contributed by atoms with Gasteiger partial charge >= 0.3 is 5.91 Å². The van der Waals surface area contributed by atoms with Gasteiger partial charge in [-0.1, -0.05) is 42.5 Å². The van der Waals surface area contributed by atoms with Crippen molar-refractivity contribution in [3.05, 3.63) is 71.3 Å². The minimum absolute atomic E-state index is 0.276. The number of carbonyl (C=O) groups excluding carboxylic acids is 2. The van der Waals surface area contributed by atoms with Crippen molar-refractivity contribution in [2.45, 2.75) is 25.9 Å². The summed E-state index contributed by atoms with van der Waals surface area (Å²) in [7, 11) is 0. The Labute approximate surface area is 136 Å². The molecule has 0 saturated carbocycles. The van der Waals surface area contributed by atoms with E-state index in [0.29, 0.717) is 29.6 Å². The fraction of sp³-hybridized carbons (Fsp3) is 0.263. The van der Waals surface area contributed by atoms with Gasteiger partial charge in [-0.3, -0.25) is 9.28 Å². The van der Waals surface area contributed by atoms with E-state index in [9.17, 15) is 9.59 Å². The average molecular weight is 309 g/mol. The quantitative estimate of drug-likeness (QED) is 0.863. The van der Waals surface area contributed by atoms with Crippen LogP contribution in [-0.2, 0) is 17.9 Å². The molecule has 23 heavy (non-hydrogen) atoms. The lowest BCUT2D eigenvalue weighted by Gasteiger charge is -2.32. The molecule has 1 unspecified atom stereocenters. The summed E-state index contributed by atoms with van der Waals surface area (Å²) in [5.41, 5.74) is 8.00. The molecule has 2 amide bonds. The maximum atomic E-state index is 12.6. The summed E-state index contributed by atoms with van der Waals surface area (Å²) in [4.78, 5) is 24.0. The van der Waals surface area contributed by atoms with E-state index in [1.165, 1.54) is 0 Å². The largest absolute Gasteiger partial charge is 0.366 e. The van der Waals surface area contributed by atoms with E-state index < -0.39 is 5.91 Å². The third-order valence-corrected chi connectivity index (χ3v) is 4.53. The van der Waals surface area contributed by atoms with Crippen molar-refractivity contribution in [1.29, 1.82) is 0 Å². The third kappa shape index (κ3) is 3.32. The summed E-state index contributed by atoms with van der Waals surface area (Å²) in [6.45, 7) is 2.14. The number of rotatable bonds is 5. The summed E-state index contributed by atoms with van der Waals surface area (Å²) < 4.78 is 0.423. The standard InChI is InChI=1S/C19H20N2O2/c20-19(23)17-9-4-8-16(12-17)14-21(11-5-10-18(21)22)13-15-6-2-1-3-7-15/h1-4,6-9,12H,5,10-11,13-14H2,(H-,20,23)/p+1. The van der Waals surface area contributed by atoms with Crippen molar-refractivity contribution in [3.63, 3.8) is 0 Å². The first-order valence-electron chi connectivity index (χ1n) is 7.91. The zero-order valence-corrected chi connectivity index (χ0v) is 13.1. The predicted molar refractivity (Wildman–Crippen MR) is 88.2 cm³/mol. The second-order valence-electron chi connectivity index (χ2n) is 6.23. The molecule has 0 bridgehead atoms. The van der Waals surface area contributed by atoms with Crippen LogP contribution in [-0.4, -0.2) is 22.8 Å². The van der Waals surface area contributed by atoms with Gasteiger partial charge in [-0.05, 0) is 12.1 Å². The maximum absolute atomic E-state index is 12.6. The van der Waals surface area contributed by atoms with E-state index in [-0.39, 0.29) is 5.91 Å². The molecule has 2 aromatic rings. The SMILES string of the molecule is NC(=O)c1cccc(C[N+]2(Cc3ccccc3)CCCC2=O)c1. The molecular weight excluding hydrogens is 288 g/mol. The van der Waals surface area contributed by atoms with Gasteiger partial charge in [-0.25, -0.2) is 4.79 Å². The number of likely N-dealkylation sites (tertiary alicyclic amines) is 1. The minimum Gasteiger partial charge on any atom is -0.366 e. The number of primary amides is 1. The van der Waals surface area contributed by atoms with Crippen LogP contribution in [0.5, 0.6) is 0 Å². The molecule has 0 radical (unpaired) electrons. The molecule has 4 nitrogen and oxygen atoms in total. The lowest BCUT2D eigenvalue weighted by Crippen LogP contribution is -2.47. The van der Waals surface area contributed by atoms with Gasteiger partial charge in [0.1, 0.15) is 13.1 Å². The number of amides is 2. The van der Waals surface area contributed by atoms with Crippen LogP contribution in [0, 0.1) is 0 Å². The fourth-order valence-electron chi connectivity index (χ4n) is 3.39. The molecule has 3 rings (SSSR count). The van der Waals surface area contributed by atoms with Gasteiger partial charge in [0.05, 0.1) is 13.0 Å². The summed E-state index contributed by atoms with van der Waals surface area (Å²) in [6.07, 6.45) is 1.55. The predicted octanol–water partition coefficient (Wildman–Crippen LogP) is 2.62. The Morgan fingerprint density at radius 3 is 2.35 bits per heavy atom. The van der Waals surface area contributed by atoms with E-state index >= 15 is 0 Å². The Kier molecular flexibility index (Phi) is 4.26. The smallest absolute Gasteiger partial charge is 0.314 e. The highest BCUT2D eigenvalue weighted by Crippen LogP contribution is 2.28. The molecule has 0 aromatic heterocycles. The molecule has 0 spiro atoms. The molecule has 2 N–H and O–H groups in total. The Balaban J connectivity index is 1.90. The number of hydrogen-bond acceptors (Lipinski definition) is 2. The molecule has 1 aliphatic rings. The molecule has 1 heterocycles. The summed E-state index contributed by atoms with van der Waals surface area (Å²) in [5.74, 6) is -0.160. The van der Waals surface area contributed by atoms with E-state index in [1.807, 2.05) is 30.3 Å². The number of hydrogen-bond donors (Lipinski definition) is 1. The first kappa shape index (κ1) is 15.4. The monoisotopic (exact) mass is 309 g/mol. The van der Waals surface area contributed by atoms with Crippen LogP contribution in [0.2, 0.25) is 0 Å². The van der Waals surface area contributed by atoms with Crippen LogP contribution in [0.4, 0.5) is 0 Å². The molecule has 1 atom stereocenters. The van der Waals surface area contributed by atoms with Crippen molar-refractivity contribution in [2.75, 3.05) is 6.54 Å². The van der Waals surface area contributed by atoms with Gasteiger partial charge in [-0.2, -0.15) is 0 Å². The summed E-state index contributed by atoms with van der Waals surface area (Å²) in [6, 6.07) is 17.4. The van der Waals surface area contributed by atoms with E-state index in [2.05, 4.69) is 12.1 Å². The van der Waals surface area contributed by atoms with Crippen LogP contribution in [0.25, 0.3) is 0 Å². The summed E-state index contributed by atoms with van der Waals surface area (Å²) in [5, 5.41) is 0. The van der Waals surface area contributed by atoms with Crippen LogP contribution >= 0.6 is 0 Å². The Morgan fingerprint density at radius 2 is 1.70 bits per heavy atom. The average Bonchev–Trinajstić information content (AvgIpc) is 2.89. The second-order valence-corrected chi connectivity index (χ2v) is 6.23. The van der Waals surface area contributed by atoms with Gasteiger partial charge in [-0.15, -0.1) is 0 Å². The lowest BCUT2D eigenvalue weighted by molar-refractivity contribution is -0.873. The van der Waals surface area contributed by atoms with Gasteiger partial charge in [0.15, 0.2) is 0 Å². The zero-order chi connectivity index (χ0) is 16.3. The van der Waals surface area contributed by atoms with Crippen LogP contribution in [0.1, 0.15) is 34.3 Å². The van der Waals surface area contributed by atoms with Gasteiger partial charge in [0.25, 0.3) is 0 Å². The lowest BCUT2D eigenvalue weighted by atomic mass is 10.1. The van der Waals surface area contributed by atoms with Gasteiger partial charge in [0.2, 0.25) is 5.91 Å². The Bertz CT molecular complexity index is 727. The highest BCUT2D eigenvalue weighted by molar-refractivity contribution is 5.92. The number of benzene rings is 2. The van der Waals surface area contributed by atoms with E-state index in [0.717, 1.165) is 24.1 Å². The molecule has 1 saturated heterocycles. The van der Waals surface area contributed by atoms with Gasteiger partial charge < -0.3 is 5.73 Å². The molecule has 0 aliphatic carbocycles. The van der Waals surface area contributed by atoms with Crippen molar-refractivity contribution >= 4 is 11.8 Å². The minimum atomic E-state index is -0.436. The van der Waals surface area contributed by atoms with Crippen molar-refractivity contribution < 1.29 is 14.1 Å². The van der Waals surface area contributed by atoms with Crippen molar-refractivity contribution in [2.24, 2.45) is 5.73 Å². The second kappa shape index (κ2) is 6.34. The number of nitrogens with two attached hydrogens (primary N) is 1. The van der Waals surface area contributed by atoms with Crippen LogP contribution in [0.3, 0.4) is 0 Å². The highest BCUT2D eigenvalue weighted by atomic mass is 16.2. The Morgan fingerprint density at radius 1 is 1.00 bits per heavy atom. The number of carbonyl (C=O) groups is 2. The molecule has 1 aliphatic heterocycles. The number of quaternary nitrogens is 1. The Hall–Kier alpha value is -2.46. The fourth-order valence-corrected chi connectivity index (χ4v) is 3.39. The van der Waals surface area contributed by atoms with Gasteiger partial charge in [0, 0.05) is 23.1 Å². The highest BCUT2D eigenvalue weighted by Gasteiger charge is 2.41. The van der Waals surface area contributed by atoms with Crippen molar-refractivity contribution in [3.8, 4) is 0 Å². The molecule has 4 heteroatoms. The van der Waals surface area contributed by atoms with E-state index in [4.69, 9.17) is 5.73 Å². The van der Waals surface area contributed by atoms with Crippen LogP contribution in [0.15, 0.2) is 54.6 Å². The first-order chi connectivity index (χ1) is 11.1.